The van der Waals surface area contributed by atoms with Gasteiger partial charge in [0, 0.05) is 25.3 Å². The Morgan fingerprint density at radius 2 is 1.66 bits per heavy atom. The molecule has 0 aliphatic carbocycles. The number of anilines is 1. The lowest BCUT2D eigenvalue weighted by Crippen LogP contribution is -2.30. The van der Waals surface area contributed by atoms with Crippen molar-refractivity contribution in [2.45, 2.75) is 38.5 Å². The number of carbonyl (C=O) groups is 1. The minimum absolute atomic E-state index is 0.00902. The summed E-state index contributed by atoms with van der Waals surface area (Å²) in [6.07, 6.45) is 7.15. The van der Waals surface area contributed by atoms with Crippen molar-refractivity contribution < 1.29 is 14.3 Å². The van der Waals surface area contributed by atoms with Crippen molar-refractivity contribution in [3.63, 3.8) is 0 Å². The molecule has 5 nitrogen and oxygen atoms in total. The van der Waals surface area contributed by atoms with Gasteiger partial charge in [0.2, 0.25) is 0 Å². The summed E-state index contributed by atoms with van der Waals surface area (Å²) in [5, 5.41) is 2.92. The topological polar surface area (TPSA) is 50.8 Å². The van der Waals surface area contributed by atoms with E-state index in [1.54, 1.807) is 13.2 Å². The highest BCUT2D eigenvalue weighted by molar-refractivity contribution is 5.77. The molecule has 156 valence electrons. The van der Waals surface area contributed by atoms with E-state index in [0.717, 1.165) is 12.8 Å². The van der Waals surface area contributed by atoms with Crippen LogP contribution in [0.15, 0.2) is 48.5 Å². The lowest BCUT2D eigenvalue weighted by atomic mass is 10.1. The molecule has 0 unspecified atom stereocenters. The first-order valence-corrected chi connectivity index (χ1v) is 10.6. The Morgan fingerprint density at radius 3 is 2.34 bits per heavy atom. The van der Waals surface area contributed by atoms with Gasteiger partial charge in [-0.1, -0.05) is 37.1 Å². The third-order valence-corrected chi connectivity index (χ3v) is 5.30. The minimum atomic E-state index is -0.118. The van der Waals surface area contributed by atoms with E-state index in [9.17, 15) is 4.79 Å². The molecule has 0 spiro atoms. The molecule has 1 fully saturated rings. The molecule has 1 N–H and O–H groups in total. The van der Waals surface area contributed by atoms with Crippen molar-refractivity contribution in [2.24, 2.45) is 0 Å². The van der Waals surface area contributed by atoms with E-state index in [2.05, 4.69) is 34.5 Å². The SMILES string of the molecule is COc1ccccc1OCC(=O)NCCCc1ccc(N2CCCCCC2)cc1. The van der Waals surface area contributed by atoms with Crippen LogP contribution in [0.3, 0.4) is 0 Å². The second-order valence-electron chi connectivity index (χ2n) is 7.46. The summed E-state index contributed by atoms with van der Waals surface area (Å²) in [4.78, 5) is 14.5. The number of benzene rings is 2. The average Bonchev–Trinajstić information content (AvgIpc) is 3.05. The van der Waals surface area contributed by atoms with E-state index in [-0.39, 0.29) is 12.5 Å². The van der Waals surface area contributed by atoms with Gasteiger partial charge < -0.3 is 19.7 Å². The fraction of sp³-hybridized carbons (Fsp3) is 0.458. The minimum Gasteiger partial charge on any atom is -0.493 e. The summed E-state index contributed by atoms with van der Waals surface area (Å²) < 4.78 is 10.8. The molecule has 5 heteroatoms. The van der Waals surface area contributed by atoms with Crippen LogP contribution in [0.5, 0.6) is 11.5 Å². The highest BCUT2D eigenvalue weighted by Gasteiger charge is 2.10. The summed E-state index contributed by atoms with van der Waals surface area (Å²) in [5.74, 6) is 1.09. The molecule has 1 amide bonds. The fourth-order valence-electron chi connectivity index (χ4n) is 3.66. The van der Waals surface area contributed by atoms with Gasteiger partial charge in [-0.15, -0.1) is 0 Å². The van der Waals surface area contributed by atoms with Crippen molar-refractivity contribution in [1.29, 1.82) is 0 Å². The Hall–Kier alpha value is -2.69. The molecule has 0 atom stereocenters. The first-order valence-electron chi connectivity index (χ1n) is 10.6. The molecule has 1 saturated heterocycles. The summed E-state index contributed by atoms with van der Waals surface area (Å²) in [6.45, 7) is 2.97. The molecular formula is C24H32N2O3. The number of carbonyl (C=O) groups excluding carboxylic acids is 1. The molecule has 2 aromatic rings. The van der Waals surface area contributed by atoms with Crippen LogP contribution in [-0.2, 0) is 11.2 Å². The maximum absolute atomic E-state index is 12.0. The van der Waals surface area contributed by atoms with Gasteiger partial charge in [-0.3, -0.25) is 4.79 Å². The Labute approximate surface area is 174 Å². The Bertz CT molecular complexity index is 753. The van der Waals surface area contributed by atoms with Gasteiger partial charge in [-0.25, -0.2) is 0 Å². The van der Waals surface area contributed by atoms with Gasteiger partial charge in [0.05, 0.1) is 7.11 Å². The molecule has 0 saturated carbocycles. The van der Waals surface area contributed by atoms with Gasteiger partial charge in [0.1, 0.15) is 0 Å². The predicted molar refractivity (Wildman–Crippen MR) is 117 cm³/mol. The maximum atomic E-state index is 12.0. The zero-order valence-corrected chi connectivity index (χ0v) is 17.4. The second kappa shape index (κ2) is 11.3. The van der Waals surface area contributed by atoms with Crippen LogP contribution in [0.25, 0.3) is 0 Å². The van der Waals surface area contributed by atoms with Gasteiger partial charge in [0.15, 0.2) is 18.1 Å². The maximum Gasteiger partial charge on any atom is 0.257 e. The van der Waals surface area contributed by atoms with E-state index in [1.165, 1.54) is 50.0 Å². The van der Waals surface area contributed by atoms with E-state index in [1.807, 2.05) is 18.2 Å². The lowest BCUT2D eigenvalue weighted by Gasteiger charge is -2.22. The van der Waals surface area contributed by atoms with E-state index < -0.39 is 0 Å². The van der Waals surface area contributed by atoms with Crippen LogP contribution in [0.1, 0.15) is 37.7 Å². The molecule has 1 aliphatic rings. The van der Waals surface area contributed by atoms with Crippen molar-refractivity contribution >= 4 is 11.6 Å². The smallest absolute Gasteiger partial charge is 0.257 e. The van der Waals surface area contributed by atoms with E-state index in [4.69, 9.17) is 9.47 Å². The van der Waals surface area contributed by atoms with Crippen molar-refractivity contribution in [3.8, 4) is 11.5 Å². The first kappa shape index (κ1) is 21.0. The Morgan fingerprint density at radius 1 is 0.966 bits per heavy atom. The second-order valence-corrected chi connectivity index (χ2v) is 7.46. The van der Waals surface area contributed by atoms with Crippen LogP contribution in [0, 0.1) is 0 Å². The quantitative estimate of drug-likeness (QED) is 0.646. The van der Waals surface area contributed by atoms with Gasteiger partial charge in [0.25, 0.3) is 5.91 Å². The van der Waals surface area contributed by atoms with Crippen molar-refractivity contribution in [2.75, 3.05) is 38.3 Å². The standard InChI is InChI=1S/C24H32N2O3/c1-28-22-10-4-5-11-23(22)29-19-24(27)25-16-8-9-20-12-14-21(15-13-20)26-17-6-2-3-7-18-26/h4-5,10-15H,2-3,6-9,16-19H2,1H3,(H,25,27). The third-order valence-electron chi connectivity index (χ3n) is 5.30. The van der Waals surface area contributed by atoms with Crippen LogP contribution >= 0.6 is 0 Å². The number of hydrogen-bond donors (Lipinski definition) is 1. The number of ether oxygens (including phenoxy) is 2. The number of nitrogens with zero attached hydrogens (tertiary/aromatic N) is 1. The lowest BCUT2D eigenvalue weighted by molar-refractivity contribution is -0.123. The number of rotatable bonds is 9. The van der Waals surface area contributed by atoms with E-state index in [0.29, 0.717) is 18.0 Å². The van der Waals surface area contributed by atoms with Crippen LogP contribution < -0.4 is 19.7 Å². The highest BCUT2D eigenvalue weighted by Crippen LogP contribution is 2.25. The molecule has 29 heavy (non-hydrogen) atoms. The summed E-state index contributed by atoms with van der Waals surface area (Å²) >= 11 is 0. The number of methoxy groups -OCH3 is 1. The monoisotopic (exact) mass is 396 g/mol. The van der Waals surface area contributed by atoms with Crippen LogP contribution in [-0.4, -0.2) is 39.3 Å². The number of amides is 1. The number of aryl methyl sites for hydroxylation is 1. The Kier molecular flexibility index (Phi) is 8.23. The third kappa shape index (κ3) is 6.70. The molecule has 2 aromatic carbocycles. The fourth-order valence-corrected chi connectivity index (χ4v) is 3.66. The normalized spacial score (nSPS) is 14.2. The molecule has 1 heterocycles. The molecular weight excluding hydrogens is 364 g/mol. The molecule has 0 aromatic heterocycles. The molecule has 1 aliphatic heterocycles. The zero-order valence-electron chi connectivity index (χ0n) is 17.4. The van der Waals surface area contributed by atoms with Crippen molar-refractivity contribution in [1.82, 2.24) is 5.32 Å². The predicted octanol–water partition coefficient (Wildman–Crippen LogP) is 4.20. The zero-order chi connectivity index (χ0) is 20.3. The van der Waals surface area contributed by atoms with Crippen LogP contribution in [0.2, 0.25) is 0 Å². The Balaban J connectivity index is 1.35. The van der Waals surface area contributed by atoms with Crippen molar-refractivity contribution in [3.05, 3.63) is 54.1 Å². The summed E-state index contributed by atoms with van der Waals surface area (Å²) in [5.41, 5.74) is 2.64. The number of hydrogen-bond acceptors (Lipinski definition) is 4. The largest absolute Gasteiger partial charge is 0.493 e. The number of nitrogens with one attached hydrogen (secondary N) is 1. The average molecular weight is 397 g/mol. The van der Waals surface area contributed by atoms with Gasteiger partial charge in [-0.2, -0.15) is 0 Å². The first-order chi connectivity index (χ1) is 14.3. The molecule has 0 radical (unpaired) electrons. The molecule has 0 bridgehead atoms. The van der Waals surface area contributed by atoms with Crippen LogP contribution in [0.4, 0.5) is 5.69 Å². The molecule has 3 rings (SSSR count). The summed E-state index contributed by atoms with van der Waals surface area (Å²) in [7, 11) is 1.59. The summed E-state index contributed by atoms with van der Waals surface area (Å²) in [6, 6.07) is 16.2. The van der Waals surface area contributed by atoms with Gasteiger partial charge >= 0.3 is 0 Å². The number of para-hydroxylation sites is 2. The van der Waals surface area contributed by atoms with E-state index >= 15 is 0 Å². The highest BCUT2D eigenvalue weighted by atomic mass is 16.5. The van der Waals surface area contributed by atoms with Gasteiger partial charge in [-0.05, 0) is 55.5 Å².